The molecule has 0 aliphatic carbocycles. The normalized spacial score (nSPS) is 14.1. The molecule has 1 aromatic carbocycles. The van der Waals surface area contributed by atoms with Gasteiger partial charge in [0.05, 0.1) is 6.10 Å². The van der Waals surface area contributed by atoms with Gasteiger partial charge in [-0.15, -0.1) is 0 Å². The van der Waals surface area contributed by atoms with Crippen molar-refractivity contribution in [3.05, 3.63) is 35.4 Å². The Balaban J connectivity index is 2.66. The van der Waals surface area contributed by atoms with Crippen molar-refractivity contribution in [2.24, 2.45) is 5.92 Å². The minimum absolute atomic E-state index is 0.00997. The highest BCUT2D eigenvalue weighted by atomic mass is 19.1. The van der Waals surface area contributed by atoms with Gasteiger partial charge in [-0.2, -0.15) is 0 Å². The first-order valence-electron chi connectivity index (χ1n) is 5.87. The Bertz CT molecular complexity index is 403. The van der Waals surface area contributed by atoms with E-state index in [1.54, 1.807) is 0 Å². The Labute approximate surface area is 105 Å². The smallest absolute Gasteiger partial charge is 0.257 e. The molecule has 0 aromatic heterocycles. The number of hydrogen-bond acceptors (Lipinski definition) is 2. The zero-order valence-electron chi connectivity index (χ0n) is 10.4. The van der Waals surface area contributed by atoms with E-state index in [1.165, 1.54) is 6.07 Å². The van der Waals surface area contributed by atoms with Crippen LogP contribution in [-0.4, -0.2) is 23.7 Å². The van der Waals surface area contributed by atoms with Crippen molar-refractivity contribution in [3.63, 3.8) is 0 Å². The highest BCUT2D eigenvalue weighted by Crippen LogP contribution is 2.12. The van der Waals surface area contributed by atoms with Crippen LogP contribution in [0, 0.1) is 17.6 Å². The van der Waals surface area contributed by atoms with Gasteiger partial charge in [0.15, 0.2) is 0 Å². The minimum Gasteiger partial charge on any atom is -0.391 e. The lowest BCUT2D eigenvalue weighted by molar-refractivity contribution is 0.0843. The van der Waals surface area contributed by atoms with Gasteiger partial charge in [0.25, 0.3) is 5.91 Å². The number of carbonyl (C=O) groups is 1. The predicted octanol–water partition coefficient (Wildman–Crippen LogP) is 2.10. The van der Waals surface area contributed by atoms with E-state index in [4.69, 9.17) is 0 Å². The summed E-state index contributed by atoms with van der Waals surface area (Å²) in [6, 6.07) is 3.22. The second-order valence-corrected chi connectivity index (χ2v) is 4.26. The molecule has 0 radical (unpaired) electrons. The van der Waals surface area contributed by atoms with E-state index >= 15 is 0 Å². The van der Waals surface area contributed by atoms with E-state index in [1.807, 2.05) is 13.8 Å². The Kier molecular flexibility index (Phi) is 5.22. The summed E-state index contributed by atoms with van der Waals surface area (Å²) in [5.74, 6) is -2.67. The number of benzene rings is 1. The van der Waals surface area contributed by atoms with Crippen LogP contribution < -0.4 is 5.32 Å². The third-order valence-corrected chi connectivity index (χ3v) is 2.96. The van der Waals surface area contributed by atoms with Crippen molar-refractivity contribution in [1.82, 2.24) is 5.32 Å². The van der Waals surface area contributed by atoms with Gasteiger partial charge < -0.3 is 10.4 Å². The molecule has 3 nitrogen and oxygen atoms in total. The van der Waals surface area contributed by atoms with Crippen LogP contribution in [0.25, 0.3) is 0 Å². The van der Waals surface area contributed by atoms with Crippen LogP contribution in [0.5, 0.6) is 0 Å². The topological polar surface area (TPSA) is 49.3 Å². The fraction of sp³-hybridized carbons (Fsp3) is 0.462. The maximum atomic E-state index is 13.3. The van der Waals surface area contributed by atoms with Gasteiger partial charge in [-0.25, -0.2) is 8.78 Å². The zero-order valence-corrected chi connectivity index (χ0v) is 10.4. The largest absolute Gasteiger partial charge is 0.391 e. The van der Waals surface area contributed by atoms with Crippen molar-refractivity contribution >= 4 is 5.91 Å². The van der Waals surface area contributed by atoms with Crippen LogP contribution in [0.1, 0.15) is 30.6 Å². The first kappa shape index (κ1) is 14.6. The molecular weight excluding hydrogens is 240 g/mol. The molecule has 0 bridgehead atoms. The van der Waals surface area contributed by atoms with Crippen molar-refractivity contribution in [2.45, 2.75) is 26.4 Å². The molecule has 18 heavy (non-hydrogen) atoms. The average molecular weight is 257 g/mol. The van der Waals surface area contributed by atoms with E-state index in [9.17, 15) is 18.7 Å². The Morgan fingerprint density at radius 2 is 1.94 bits per heavy atom. The second kappa shape index (κ2) is 6.44. The van der Waals surface area contributed by atoms with E-state index < -0.39 is 29.2 Å². The van der Waals surface area contributed by atoms with E-state index in [2.05, 4.69) is 5.32 Å². The summed E-state index contributed by atoms with van der Waals surface area (Å²) in [7, 11) is 0. The van der Waals surface area contributed by atoms with Crippen molar-refractivity contribution in [2.75, 3.05) is 6.54 Å². The summed E-state index contributed by atoms with van der Waals surface area (Å²) < 4.78 is 26.6. The molecule has 1 amide bonds. The lowest BCUT2D eigenvalue weighted by Gasteiger charge is -2.17. The lowest BCUT2D eigenvalue weighted by Crippen LogP contribution is -2.36. The van der Waals surface area contributed by atoms with Crippen molar-refractivity contribution in [1.29, 1.82) is 0 Å². The maximum absolute atomic E-state index is 13.3. The molecule has 2 unspecified atom stereocenters. The third kappa shape index (κ3) is 3.50. The average Bonchev–Trinajstić information content (AvgIpc) is 2.34. The van der Waals surface area contributed by atoms with Gasteiger partial charge in [-0.05, 0) is 18.1 Å². The molecule has 2 atom stereocenters. The fourth-order valence-corrected chi connectivity index (χ4v) is 1.47. The fourth-order valence-electron chi connectivity index (χ4n) is 1.47. The summed E-state index contributed by atoms with van der Waals surface area (Å²) in [5, 5.41) is 12.0. The van der Waals surface area contributed by atoms with Gasteiger partial charge in [-0.1, -0.05) is 26.3 Å². The molecule has 0 saturated carbocycles. The Morgan fingerprint density at radius 1 is 1.39 bits per heavy atom. The summed E-state index contributed by atoms with van der Waals surface area (Å²) >= 11 is 0. The van der Waals surface area contributed by atoms with Gasteiger partial charge in [0, 0.05) is 6.54 Å². The molecule has 5 heteroatoms. The SMILES string of the molecule is CCC(C)C(O)CNC(=O)c1c(F)cccc1F. The van der Waals surface area contributed by atoms with E-state index in [0.29, 0.717) is 0 Å². The minimum atomic E-state index is -0.912. The molecular formula is C13H17F2NO2. The standard InChI is InChI=1S/C13H17F2NO2/c1-3-8(2)11(17)7-16-13(18)12-9(14)5-4-6-10(12)15/h4-6,8,11,17H,3,7H2,1-2H3,(H,16,18). The van der Waals surface area contributed by atoms with E-state index in [-0.39, 0.29) is 12.5 Å². The van der Waals surface area contributed by atoms with Crippen molar-refractivity contribution < 1.29 is 18.7 Å². The molecule has 1 aromatic rings. The Hall–Kier alpha value is -1.49. The van der Waals surface area contributed by atoms with Crippen LogP contribution in [-0.2, 0) is 0 Å². The second-order valence-electron chi connectivity index (χ2n) is 4.26. The first-order chi connectivity index (χ1) is 8.47. The highest BCUT2D eigenvalue weighted by Gasteiger charge is 2.19. The highest BCUT2D eigenvalue weighted by molar-refractivity contribution is 5.94. The number of nitrogens with one attached hydrogen (secondary N) is 1. The molecule has 1 rings (SSSR count). The molecule has 0 fully saturated rings. The van der Waals surface area contributed by atoms with Crippen LogP contribution in [0.2, 0.25) is 0 Å². The van der Waals surface area contributed by atoms with Gasteiger partial charge in [-0.3, -0.25) is 4.79 Å². The molecule has 0 aliphatic rings. The van der Waals surface area contributed by atoms with Crippen LogP contribution >= 0.6 is 0 Å². The number of rotatable bonds is 5. The first-order valence-corrected chi connectivity index (χ1v) is 5.87. The van der Waals surface area contributed by atoms with Gasteiger partial charge in [0.2, 0.25) is 0 Å². The third-order valence-electron chi connectivity index (χ3n) is 2.96. The number of aliphatic hydroxyl groups excluding tert-OH is 1. The Morgan fingerprint density at radius 3 is 2.44 bits per heavy atom. The van der Waals surface area contributed by atoms with Crippen LogP contribution in [0.15, 0.2) is 18.2 Å². The zero-order chi connectivity index (χ0) is 13.7. The molecule has 100 valence electrons. The molecule has 0 heterocycles. The van der Waals surface area contributed by atoms with Gasteiger partial charge in [0.1, 0.15) is 17.2 Å². The summed E-state index contributed by atoms with van der Waals surface area (Å²) in [6.07, 6.45) is 0.0271. The number of hydrogen-bond donors (Lipinski definition) is 2. The van der Waals surface area contributed by atoms with Crippen molar-refractivity contribution in [3.8, 4) is 0 Å². The quantitative estimate of drug-likeness (QED) is 0.848. The number of halogens is 2. The summed E-state index contributed by atoms with van der Waals surface area (Å²) in [4.78, 5) is 11.6. The molecule has 0 spiro atoms. The predicted molar refractivity (Wildman–Crippen MR) is 64.2 cm³/mol. The van der Waals surface area contributed by atoms with E-state index in [0.717, 1.165) is 18.6 Å². The van der Waals surface area contributed by atoms with Crippen LogP contribution in [0.3, 0.4) is 0 Å². The number of carbonyl (C=O) groups excluding carboxylic acids is 1. The number of amides is 1. The maximum Gasteiger partial charge on any atom is 0.257 e. The lowest BCUT2D eigenvalue weighted by atomic mass is 10.0. The van der Waals surface area contributed by atoms with Crippen LogP contribution in [0.4, 0.5) is 8.78 Å². The molecule has 0 aliphatic heterocycles. The molecule has 2 N–H and O–H groups in total. The molecule has 0 saturated heterocycles. The monoisotopic (exact) mass is 257 g/mol. The number of aliphatic hydroxyl groups is 1. The summed E-state index contributed by atoms with van der Waals surface area (Å²) in [5.41, 5.74) is -0.617. The summed E-state index contributed by atoms with van der Waals surface area (Å²) in [6.45, 7) is 3.72. The van der Waals surface area contributed by atoms with Gasteiger partial charge >= 0.3 is 0 Å².